The summed E-state index contributed by atoms with van der Waals surface area (Å²) in [4.78, 5) is 12.9. The molecule has 24 heavy (non-hydrogen) atoms. The van der Waals surface area contributed by atoms with E-state index in [1.807, 2.05) is 6.92 Å². The van der Waals surface area contributed by atoms with Gasteiger partial charge in [0.1, 0.15) is 12.2 Å². The second-order valence-corrected chi connectivity index (χ2v) is 6.10. The maximum absolute atomic E-state index is 13.4. The van der Waals surface area contributed by atoms with Crippen molar-refractivity contribution in [2.24, 2.45) is 5.10 Å². The molecule has 2 atom stereocenters. The quantitative estimate of drug-likeness (QED) is 0.772. The lowest BCUT2D eigenvalue weighted by Crippen LogP contribution is -2.44. The lowest BCUT2D eigenvalue weighted by Gasteiger charge is -2.26. The van der Waals surface area contributed by atoms with Gasteiger partial charge in [-0.3, -0.25) is 9.80 Å². The van der Waals surface area contributed by atoms with Crippen molar-refractivity contribution in [1.82, 2.24) is 4.90 Å². The molecule has 1 aromatic carbocycles. The van der Waals surface area contributed by atoms with Crippen molar-refractivity contribution < 1.29 is 22.4 Å². The fraction of sp³-hybridized carbons (Fsp3) is 0.500. The predicted molar refractivity (Wildman–Crippen MR) is 81.9 cm³/mol. The highest BCUT2D eigenvalue weighted by Crippen LogP contribution is 2.35. The number of alkyl halides is 4. The maximum Gasteiger partial charge on any atom is 0.408 e. The van der Waals surface area contributed by atoms with Gasteiger partial charge >= 0.3 is 6.18 Å². The molecule has 1 fully saturated rings. The third-order valence-corrected chi connectivity index (χ3v) is 4.28. The van der Waals surface area contributed by atoms with Gasteiger partial charge in [-0.2, -0.15) is 18.3 Å². The van der Waals surface area contributed by atoms with Gasteiger partial charge < -0.3 is 4.90 Å². The van der Waals surface area contributed by atoms with Crippen molar-refractivity contribution in [3.8, 4) is 0 Å². The standard InChI is InChI=1S/C16H17F4N3O/c1-10-6-7-23(21-10)13-4-2-11(3-5-13)15(24)22-9-12(17)8-14(22)16(18,19)20/h2-5,12,14H,6-9H2,1H3/t12-,14+/m0/s1. The molecule has 0 bridgehead atoms. The Morgan fingerprint density at radius 2 is 1.92 bits per heavy atom. The van der Waals surface area contributed by atoms with Crippen molar-refractivity contribution in [2.75, 3.05) is 18.1 Å². The molecule has 0 radical (unpaired) electrons. The van der Waals surface area contributed by atoms with Crippen LogP contribution in [0.25, 0.3) is 0 Å². The molecule has 130 valence electrons. The van der Waals surface area contributed by atoms with Crippen molar-refractivity contribution in [2.45, 2.75) is 38.2 Å². The average molecular weight is 343 g/mol. The summed E-state index contributed by atoms with van der Waals surface area (Å²) in [6, 6.07) is 4.13. The van der Waals surface area contributed by atoms with Crippen LogP contribution < -0.4 is 5.01 Å². The number of likely N-dealkylation sites (tertiary alicyclic amines) is 1. The van der Waals surface area contributed by atoms with Crippen molar-refractivity contribution in [3.05, 3.63) is 29.8 Å². The molecule has 2 aliphatic heterocycles. The summed E-state index contributed by atoms with van der Waals surface area (Å²) in [7, 11) is 0. The van der Waals surface area contributed by atoms with E-state index in [1.54, 1.807) is 17.1 Å². The van der Waals surface area contributed by atoms with Gasteiger partial charge in [0.25, 0.3) is 5.91 Å². The Morgan fingerprint density at radius 1 is 1.25 bits per heavy atom. The summed E-state index contributed by atoms with van der Waals surface area (Å²) in [6.07, 6.45) is -6.13. The summed E-state index contributed by atoms with van der Waals surface area (Å²) in [6.45, 7) is 2.11. The lowest BCUT2D eigenvalue weighted by molar-refractivity contribution is -0.170. The van der Waals surface area contributed by atoms with Crippen LogP contribution in [0.5, 0.6) is 0 Å². The highest BCUT2D eigenvalue weighted by molar-refractivity contribution is 5.95. The molecule has 0 aromatic heterocycles. The Bertz CT molecular complexity index is 656. The van der Waals surface area contributed by atoms with Crippen LogP contribution in [0.15, 0.2) is 29.4 Å². The Labute approximate surface area is 136 Å². The number of halogens is 4. The van der Waals surface area contributed by atoms with Crippen LogP contribution in [0.2, 0.25) is 0 Å². The number of amides is 1. The molecule has 1 aromatic rings. The van der Waals surface area contributed by atoms with E-state index in [4.69, 9.17) is 0 Å². The average Bonchev–Trinajstić information content (AvgIpc) is 3.12. The zero-order chi connectivity index (χ0) is 17.5. The van der Waals surface area contributed by atoms with Crippen LogP contribution in [-0.2, 0) is 0 Å². The summed E-state index contributed by atoms with van der Waals surface area (Å²) in [5.74, 6) is -0.801. The molecule has 0 aliphatic carbocycles. The van der Waals surface area contributed by atoms with Gasteiger partial charge in [-0.1, -0.05) is 0 Å². The first-order valence-electron chi connectivity index (χ1n) is 7.69. The van der Waals surface area contributed by atoms with Gasteiger partial charge in [0, 0.05) is 30.7 Å². The fourth-order valence-electron chi connectivity index (χ4n) is 3.02. The van der Waals surface area contributed by atoms with E-state index in [2.05, 4.69) is 5.10 Å². The minimum Gasteiger partial charge on any atom is -0.324 e. The predicted octanol–water partition coefficient (Wildman–Crippen LogP) is 3.39. The number of carbonyl (C=O) groups is 1. The van der Waals surface area contributed by atoms with Crippen LogP contribution >= 0.6 is 0 Å². The smallest absolute Gasteiger partial charge is 0.324 e. The molecule has 3 rings (SSSR count). The largest absolute Gasteiger partial charge is 0.408 e. The summed E-state index contributed by atoms with van der Waals surface area (Å²) in [5, 5.41) is 6.09. The van der Waals surface area contributed by atoms with Gasteiger partial charge in [0.15, 0.2) is 0 Å². The van der Waals surface area contributed by atoms with E-state index in [1.165, 1.54) is 12.1 Å². The van der Waals surface area contributed by atoms with Crippen LogP contribution in [0.1, 0.15) is 30.1 Å². The van der Waals surface area contributed by atoms with Crippen LogP contribution in [0.3, 0.4) is 0 Å². The van der Waals surface area contributed by atoms with Gasteiger partial charge in [-0.15, -0.1) is 0 Å². The second kappa shape index (κ2) is 6.07. The summed E-state index contributed by atoms with van der Waals surface area (Å²) in [5.41, 5.74) is 1.87. The maximum atomic E-state index is 13.4. The SMILES string of the molecule is CC1=NN(c2ccc(C(=O)N3C[C@@H](F)C[C@@H]3C(F)(F)F)cc2)CC1. The van der Waals surface area contributed by atoms with Crippen molar-refractivity contribution in [3.63, 3.8) is 0 Å². The third kappa shape index (κ3) is 3.22. The van der Waals surface area contributed by atoms with Crippen molar-refractivity contribution >= 4 is 17.3 Å². The molecule has 1 saturated heterocycles. The van der Waals surface area contributed by atoms with Gasteiger partial charge in [0.05, 0.1) is 12.2 Å². The number of carbonyl (C=O) groups excluding carboxylic acids is 1. The molecule has 0 spiro atoms. The minimum absolute atomic E-state index is 0.113. The van der Waals surface area contributed by atoms with E-state index in [0.29, 0.717) is 4.90 Å². The monoisotopic (exact) mass is 343 g/mol. The number of anilines is 1. The molecule has 0 saturated carbocycles. The Kier molecular flexibility index (Phi) is 4.23. The first kappa shape index (κ1) is 16.7. The first-order chi connectivity index (χ1) is 11.3. The van der Waals surface area contributed by atoms with E-state index < -0.39 is 37.3 Å². The third-order valence-electron chi connectivity index (χ3n) is 4.28. The zero-order valence-electron chi connectivity index (χ0n) is 13.1. The second-order valence-electron chi connectivity index (χ2n) is 6.10. The summed E-state index contributed by atoms with van der Waals surface area (Å²) >= 11 is 0. The molecule has 2 heterocycles. The molecular formula is C16H17F4N3O. The Hall–Kier alpha value is -2.12. The number of hydrazone groups is 1. The van der Waals surface area contributed by atoms with E-state index in [0.717, 1.165) is 24.4 Å². The minimum atomic E-state index is -4.63. The molecule has 8 heteroatoms. The number of benzene rings is 1. The topological polar surface area (TPSA) is 35.9 Å². The van der Waals surface area contributed by atoms with Gasteiger partial charge in [-0.25, -0.2) is 4.39 Å². The summed E-state index contributed by atoms with van der Waals surface area (Å²) < 4.78 is 52.4. The van der Waals surface area contributed by atoms with Crippen molar-refractivity contribution in [1.29, 1.82) is 0 Å². The highest BCUT2D eigenvalue weighted by Gasteiger charge is 2.51. The Balaban J connectivity index is 1.77. The number of hydrogen-bond acceptors (Lipinski definition) is 3. The number of nitrogens with zero attached hydrogens (tertiary/aromatic N) is 3. The molecule has 1 amide bonds. The van der Waals surface area contributed by atoms with E-state index >= 15 is 0 Å². The van der Waals surface area contributed by atoms with Crippen LogP contribution in [0.4, 0.5) is 23.2 Å². The van der Waals surface area contributed by atoms with E-state index in [9.17, 15) is 22.4 Å². The normalized spacial score (nSPS) is 24.5. The number of hydrogen-bond donors (Lipinski definition) is 0. The zero-order valence-corrected chi connectivity index (χ0v) is 13.1. The van der Waals surface area contributed by atoms with Gasteiger partial charge in [-0.05, 0) is 31.2 Å². The van der Waals surface area contributed by atoms with E-state index in [-0.39, 0.29) is 5.56 Å². The Morgan fingerprint density at radius 3 is 2.46 bits per heavy atom. The highest BCUT2D eigenvalue weighted by atomic mass is 19.4. The first-order valence-corrected chi connectivity index (χ1v) is 7.69. The molecule has 0 N–H and O–H groups in total. The molecule has 2 aliphatic rings. The lowest BCUT2D eigenvalue weighted by atomic mass is 10.1. The fourth-order valence-corrected chi connectivity index (χ4v) is 3.02. The van der Waals surface area contributed by atoms with Crippen LogP contribution in [-0.4, -0.2) is 48.0 Å². The molecular weight excluding hydrogens is 326 g/mol. The molecule has 0 unspecified atom stereocenters. The molecule has 4 nitrogen and oxygen atoms in total. The van der Waals surface area contributed by atoms with Gasteiger partial charge in [0.2, 0.25) is 0 Å². The van der Waals surface area contributed by atoms with Crippen LogP contribution in [0, 0.1) is 0 Å². The number of rotatable bonds is 2.